The molecule has 3 aromatic rings. The summed E-state index contributed by atoms with van der Waals surface area (Å²) >= 11 is 1.44. The number of aliphatic hydroxyl groups excluding tert-OH is 2. The van der Waals surface area contributed by atoms with Crippen molar-refractivity contribution in [2.45, 2.75) is 71.0 Å². The maximum absolute atomic E-state index is 10.8. The molecule has 3 aromatic heterocycles. The van der Waals surface area contributed by atoms with Gasteiger partial charge in [-0.15, -0.1) is 11.3 Å². The second-order valence-electron chi connectivity index (χ2n) is 9.99. The predicted octanol–water partition coefficient (Wildman–Crippen LogP) is 2.17. The lowest BCUT2D eigenvalue weighted by molar-refractivity contribution is -0.0601. The molecule has 11 nitrogen and oxygen atoms in total. The van der Waals surface area contributed by atoms with Crippen LogP contribution in [0, 0.1) is 12.8 Å². The Balaban J connectivity index is 1.70. The van der Waals surface area contributed by atoms with Crippen molar-refractivity contribution in [1.29, 1.82) is 0 Å². The predicted molar refractivity (Wildman–Crippen MR) is 141 cm³/mol. The van der Waals surface area contributed by atoms with Gasteiger partial charge in [-0.1, -0.05) is 0 Å². The Morgan fingerprint density at radius 2 is 1.97 bits per heavy atom. The Labute approximate surface area is 214 Å². The maximum Gasteiger partial charge on any atom is 0.224 e. The van der Waals surface area contributed by atoms with Crippen molar-refractivity contribution >= 4 is 39.1 Å². The first-order chi connectivity index (χ1) is 17.0. The van der Waals surface area contributed by atoms with Crippen LogP contribution in [0.5, 0.6) is 0 Å². The molecule has 1 aliphatic carbocycles. The molecule has 4 rings (SSSR count). The summed E-state index contributed by atoms with van der Waals surface area (Å²) in [5.74, 6) is 0.706. The lowest BCUT2D eigenvalue weighted by Gasteiger charge is -2.28. The number of nitrogens with two attached hydrogens (primary N) is 1. The number of hydrogen-bond donors (Lipinski definition) is 6. The minimum Gasteiger partial charge on any atom is -0.390 e. The molecule has 1 saturated carbocycles. The number of nitrogens with zero attached hydrogens (tertiary/aromatic N) is 4. The lowest BCUT2D eigenvalue weighted by Crippen LogP contribution is -2.40. The number of ether oxygens (including phenoxy) is 1. The molecular weight excluding hydrogens is 482 g/mol. The molecule has 0 radical (unpaired) electrons. The maximum atomic E-state index is 10.8. The van der Waals surface area contributed by atoms with Crippen LogP contribution in [0.15, 0.2) is 12.3 Å². The van der Waals surface area contributed by atoms with Crippen LogP contribution in [0.25, 0.3) is 20.8 Å². The summed E-state index contributed by atoms with van der Waals surface area (Å²) in [7, 11) is 0. The quantitative estimate of drug-likeness (QED) is 0.230. The molecule has 0 aromatic carbocycles. The van der Waals surface area contributed by atoms with Gasteiger partial charge in [0.15, 0.2) is 5.82 Å². The first kappa shape index (κ1) is 26.4. The van der Waals surface area contributed by atoms with E-state index in [-0.39, 0.29) is 6.10 Å². The van der Waals surface area contributed by atoms with Gasteiger partial charge in [0.05, 0.1) is 46.4 Å². The van der Waals surface area contributed by atoms with Crippen molar-refractivity contribution in [3.63, 3.8) is 0 Å². The Bertz CT molecular complexity index is 1210. The van der Waals surface area contributed by atoms with E-state index in [1.54, 1.807) is 20.0 Å². The summed E-state index contributed by atoms with van der Waals surface area (Å²) < 4.78 is 6.48. The standard InChI is InChI=1S/C24H35N7O4S/c1-11(2)35-9-8-27-23-28-12(3)16(22-30-17-15(36-22)6-7-26-20(17)25)21(31-23)29-14-10-13(24(4,5)34)18(32)19(14)33/h6-7,11,13-14,18-19,32-34H,8-10H2,1-5H3,(H2,25,26)(H2,27,28,29,31)/t13-,14+,18+,19-/m0/s1. The topological polar surface area (TPSA) is 172 Å². The van der Waals surface area contributed by atoms with E-state index in [0.29, 0.717) is 58.9 Å². The van der Waals surface area contributed by atoms with E-state index < -0.39 is 29.8 Å². The zero-order chi connectivity index (χ0) is 26.2. The highest BCUT2D eigenvalue weighted by atomic mass is 32.1. The summed E-state index contributed by atoms with van der Waals surface area (Å²) in [6, 6.07) is 1.31. The SMILES string of the molecule is Cc1nc(NCCOC(C)C)nc(N[C@@H]2C[C@H](C(C)(C)O)[C@@H](O)[C@H]2O)c1-c1nc2c(N)nccc2s1. The largest absolute Gasteiger partial charge is 0.390 e. The summed E-state index contributed by atoms with van der Waals surface area (Å²) in [5, 5.41) is 39.1. The zero-order valence-corrected chi connectivity index (χ0v) is 22.0. The van der Waals surface area contributed by atoms with Gasteiger partial charge in [-0.2, -0.15) is 4.98 Å². The van der Waals surface area contributed by atoms with Crippen molar-refractivity contribution in [3.05, 3.63) is 18.0 Å². The van der Waals surface area contributed by atoms with Gasteiger partial charge in [-0.3, -0.25) is 0 Å². The van der Waals surface area contributed by atoms with Crippen LogP contribution in [0.2, 0.25) is 0 Å². The van der Waals surface area contributed by atoms with Crippen LogP contribution in [0.4, 0.5) is 17.6 Å². The molecular formula is C24H35N7O4S. The zero-order valence-electron chi connectivity index (χ0n) is 21.2. The van der Waals surface area contributed by atoms with E-state index in [0.717, 1.165) is 4.70 Å². The number of anilines is 3. The highest BCUT2D eigenvalue weighted by molar-refractivity contribution is 7.21. The van der Waals surface area contributed by atoms with Gasteiger partial charge in [0.25, 0.3) is 0 Å². The summed E-state index contributed by atoms with van der Waals surface area (Å²) in [5.41, 5.74) is 6.85. The first-order valence-electron chi connectivity index (χ1n) is 12.1. The van der Waals surface area contributed by atoms with Gasteiger partial charge in [-0.25, -0.2) is 15.0 Å². The molecule has 0 unspecified atom stereocenters. The summed E-state index contributed by atoms with van der Waals surface area (Å²) in [4.78, 5) is 18.2. The van der Waals surface area contributed by atoms with E-state index in [4.69, 9.17) is 20.4 Å². The normalized spacial score (nSPS) is 22.5. The Morgan fingerprint density at radius 1 is 1.22 bits per heavy atom. The number of aliphatic hydroxyl groups is 3. The second-order valence-corrected chi connectivity index (χ2v) is 11.0. The van der Waals surface area contributed by atoms with Crippen molar-refractivity contribution < 1.29 is 20.1 Å². The fourth-order valence-electron chi connectivity index (χ4n) is 4.51. The van der Waals surface area contributed by atoms with Crippen molar-refractivity contribution in [3.8, 4) is 10.6 Å². The van der Waals surface area contributed by atoms with Crippen molar-refractivity contribution in [2.24, 2.45) is 5.92 Å². The summed E-state index contributed by atoms with van der Waals surface area (Å²) in [6.45, 7) is 10.1. The average molecular weight is 518 g/mol. The van der Waals surface area contributed by atoms with Gasteiger partial charge < -0.3 is 36.4 Å². The number of aromatic nitrogens is 4. The number of aryl methyl sites for hydroxylation is 1. The van der Waals surface area contributed by atoms with Gasteiger partial charge >= 0.3 is 0 Å². The van der Waals surface area contributed by atoms with Gasteiger partial charge in [0.1, 0.15) is 22.4 Å². The molecule has 0 amide bonds. The number of fused-ring (bicyclic) bond motifs is 1. The van der Waals surface area contributed by atoms with E-state index in [2.05, 4.69) is 20.6 Å². The molecule has 36 heavy (non-hydrogen) atoms. The fourth-order valence-corrected chi connectivity index (χ4v) is 5.57. The first-order valence-corrected chi connectivity index (χ1v) is 12.9. The summed E-state index contributed by atoms with van der Waals surface area (Å²) in [6.07, 6.45) is -0.0464. The molecule has 3 heterocycles. The molecule has 0 aliphatic heterocycles. The smallest absolute Gasteiger partial charge is 0.224 e. The molecule has 4 atom stereocenters. The Hall–Kier alpha value is -2.64. The van der Waals surface area contributed by atoms with Crippen molar-refractivity contribution in [1.82, 2.24) is 19.9 Å². The fraction of sp³-hybridized carbons (Fsp3) is 0.583. The monoisotopic (exact) mass is 517 g/mol. The number of nitrogen functional groups attached to an aromatic ring is 1. The molecule has 0 saturated heterocycles. The van der Waals surface area contributed by atoms with Crippen LogP contribution in [-0.4, -0.2) is 78.4 Å². The van der Waals surface area contributed by atoms with Gasteiger partial charge in [0, 0.05) is 18.7 Å². The van der Waals surface area contributed by atoms with E-state index in [1.807, 2.05) is 26.8 Å². The van der Waals surface area contributed by atoms with E-state index in [1.165, 1.54) is 11.3 Å². The molecule has 0 spiro atoms. The molecule has 7 N–H and O–H groups in total. The molecule has 1 fully saturated rings. The lowest BCUT2D eigenvalue weighted by atomic mass is 9.88. The number of thiazole rings is 1. The molecule has 12 heteroatoms. The Morgan fingerprint density at radius 3 is 2.61 bits per heavy atom. The van der Waals surface area contributed by atoms with Crippen molar-refractivity contribution in [2.75, 3.05) is 29.5 Å². The molecule has 1 aliphatic rings. The van der Waals surface area contributed by atoms with Gasteiger partial charge in [0.2, 0.25) is 5.95 Å². The third-order valence-electron chi connectivity index (χ3n) is 6.39. The van der Waals surface area contributed by atoms with E-state index in [9.17, 15) is 15.3 Å². The third kappa shape index (κ3) is 5.52. The number of rotatable bonds is 9. The minimum atomic E-state index is -1.15. The van der Waals surface area contributed by atoms with Crippen LogP contribution in [-0.2, 0) is 4.74 Å². The van der Waals surface area contributed by atoms with E-state index >= 15 is 0 Å². The average Bonchev–Trinajstić information content (AvgIpc) is 3.34. The molecule has 196 valence electrons. The highest BCUT2D eigenvalue weighted by Crippen LogP contribution is 2.40. The van der Waals surface area contributed by atoms with Gasteiger partial charge in [-0.05, 0) is 47.1 Å². The minimum absolute atomic E-state index is 0.119. The highest BCUT2D eigenvalue weighted by Gasteiger charge is 2.48. The van der Waals surface area contributed by atoms with Crippen LogP contribution in [0.1, 0.15) is 39.8 Å². The number of hydrogen-bond acceptors (Lipinski definition) is 12. The third-order valence-corrected chi connectivity index (χ3v) is 7.43. The number of nitrogens with one attached hydrogen (secondary N) is 2. The van der Waals surface area contributed by atoms with Crippen LogP contribution >= 0.6 is 11.3 Å². The molecule has 0 bridgehead atoms. The van der Waals surface area contributed by atoms with Crippen LogP contribution in [0.3, 0.4) is 0 Å². The Kier molecular flexibility index (Phi) is 7.62. The number of pyridine rings is 1. The van der Waals surface area contributed by atoms with Crippen LogP contribution < -0.4 is 16.4 Å². The second kappa shape index (κ2) is 10.4.